The molecule has 1 aliphatic heterocycles. The zero-order valence-corrected chi connectivity index (χ0v) is 22.5. The largest absolute Gasteiger partial charge is 0.456 e. The maximum Gasteiger partial charge on any atom is 0.257 e. The average molecular weight is 559 g/mol. The van der Waals surface area contributed by atoms with Crippen LogP contribution in [-0.4, -0.2) is 59.5 Å². The molecule has 8 nitrogen and oxygen atoms in total. The normalized spacial score (nSPS) is 17.8. The van der Waals surface area contributed by atoms with Crippen molar-refractivity contribution < 1.29 is 27.4 Å². The van der Waals surface area contributed by atoms with Gasteiger partial charge in [0.05, 0.1) is 18.2 Å². The van der Waals surface area contributed by atoms with Gasteiger partial charge in [-0.15, -0.1) is 0 Å². The monoisotopic (exact) mass is 558 g/mol. The number of benzene rings is 1. The second kappa shape index (κ2) is 13.1. The number of halogens is 3. The minimum Gasteiger partial charge on any atom is -0.456 e. The summed E-state index contributed by atoms with van der Waals surface area (Å²) < 4.78 is 53.8. The SMILES string of the molecule is COCCCCc1cc(C2CN(C(C)C(=O)Nc3ccc(Oc4ccc(F)cc4)cn3)CCC2(F)F)c[nH]c1=O. The zero-order valence-electron chi connectivity index (χ0n) is 22.5. The van der Waals surface area contributed by atoms with Gasteiger partial charge in [-0.05, 0) is 74.2 Å². The molecule has 0 bridgehead atoms. The number of alkyl halides is 2. The van der Waals surface area contributed by atoms with E-state index in [2.05, 4.69) is 15.3 Å². The third-order valence-electron chi connectivity index (χ3n) is 7.07. The summed E-state index contributed by atoms with van der Waals surface area (Å²) >= 11 is 0. The molecule has 214 valence electrons. The highest BCUT2D eigenvalue weighted by Gasteiger charge is 2.46. The molecule has 3 aromatic rings. The molecule has 0 radical (unpaired) electrons. The summed E-state index contributed by atoms with van der Waals surface area (Å²) in [7, 11) is 1.60. The molecule has 0 aliphatic carbocycles. The number of hydrogen-bond acceptors (Lipinski definition) is 6. The highest BCUT2D eigenvalue weighted by Crippen LogP contribution is 2.40. The third-order valence-corrected chi connectivity index (χ3v) is 7.07. The Morgan fingerprint density at radius 3 is 2.65 bits per heavy atom. The standard InChI is InChI=1S/C29H33F3N4O4/c1-19(27(37)35-26-11-10-24(17-33-26)40-23-8-6-22(30)7-9-23)36-13-12-29(31,32)25(18-36)21-15-20(28(38)34-16-21)5-3-4-14-39-2/h6-11,15-17,19,25H,3-5,12-14,18H2,1-2H3,(H,34,38)(H,33,35,37). The number of hydrogen-bond donors (Lipinski definition) is 2. The van der Waals surface area contributed by atoms with Crippen molar-refractivity contribution in [2.24, 2.45) is 0 Å². The van der Waals surface area contributed by atoms with Gasteiger partial charge in [-0.25, -0.2) is 18.2 Å². The lowest BCUT2D eigenvalue weighted by molar-refractivity contribution is -0.125. The molecule has 1 aliphatic rings. The number of likely N-dealkylation sites (tertiary alicyclic amines) is 1. The molecule has 11 heteroatoms. The Balaban J connectivity index is 1.39. The predicted molar refractivity (Wildman–Crippen MR) is 145 cm³/mol. The lowest BCUT2D eigenvalue weighted by atomic mass is 9.86. The summed E-state index contributed by atoms with van der Waals surface area (Å²) in [5, 5.41) is 2.72. The number of aryl methyl sites for hydroxylation is 1. The van der Waals surface area contributed by atoms with E-state index >= 15 is 8.78 Å². The van der Waals surface area contributed by atoms with Gasteiger partial charge in [-0.1, -0.05) is 0 Å². The summed E-state index contributed by atoms with van der Waals surface area (Å²) in [5.74, 6) is -3.81. The fraction of sp³-hybridized carbons (Fsp3) is 0.414. The van der Waals surface area contributed by atoms with Crippen LogP contribution in [0, 0.1) is 5.82 Å². The van der Waals surface area contributed by atoms with Crippen molar-refractivity contribution in [1.29, 1.82) is 0 Å². The number of aromatic nitrogens is 2. The van der Waals surface area contributed by atoms with Gasteiger partial charge in [0.25, 0.3) is 11.5 Å². The summed E-state index contributed by atoms with van der Waals surface area (Å²) in [6.07, 6.45) is 4.30. The number of rotatable bonds is 11. The predicted octanol–water partition coefficient (Wildman–Crippen LogP) is 5.12. The van der Waals surface area contributed by atoms with E-state index in [0.29, 0.717) is 42.1 Å². The Morgan fingerprint density at radius 2 is 1.95 bits per heavy atom. The molecule has 3 heterocycles. The minimum atomic E-state index is -2.99. The molecule has 2 aromatic heterocycles. The van der Waals surface area contributed by atoms with Crippen molar-refractivity contribution in [3.05, 3.63) is 82.2 Å². The number of carbonyl (C=O) groups is 1. The highest BCUT2D eigenvalue weighted by atomic mass is 19.3. The number of nitrogens with one attached hydrogen (secondary N) is 2. The molecule has 1 amide bonds. The number of methoxy groups -OCH3 is 1. The number of H-pyrrole nitrogens is 1. The number of unbranched alkanes of at least 4 members (excludes halogenated alkanes) is 1. The van der Waals surface area contributed by atoms with Gasteiger partial charge in [0.2, 0.25) is 5.91 Å². The number of anilines is 1. The van der Waals surface area contributed by atoms with Crippen molar-refractivity contribution in [1.82, 2.24) is 14.9 Å². The number of carbonyl (C=O) groups excluding carboxylic acids is 1. The van der Waals surface area contributed by atoms with E-state index in [-0.39, 0.29) is 36.2 Å². The summed E-state index contributed by atoms with van der Waals surface area (Å²) in [5.41, 5.74) is 0.527. The molecule has 2 atom stereocenters. The molecule has 1 aromatic carbocycles. The Labute approximate surface area is 230 Å². The van der Waals surface area contributed by atoms with E-state index in [1.807, 2.05) is 0 Å². The van der Waals surface area contributed by atoms with Gasteiger partial charge in [0, 0.05) is 45.0 Å². The van der Waals surface area contributed by atoms with E-state index in [9.17, 15) is 14.0 Å². The first-order valence-electron chi connectivity index (χ1n) is 13.2. The Hall–Kier alpha value is -3.70. The quantitative estimate of drug-likeness (QED) is 0.317. The molecule has 4 rings (SSSR count). The van der Waals surface area contributed by atoms with E-state index in [1.54, 1.807) is 37.1 Å². The second-order valence-electron chi connectivity index (χ2n) is 9.90. The van der Waals surface area contributed by atoms with Crippen LogP contribution in [0.15, 0.2) is 59.7 Å². The van der Waals surface area contributed by atoms with Gasteiger partial charge in [-0.2, -0.15) is 0 Å². The smallest absolute Gasteiger partial charge is 0.257 e. The summed E-state index contributed by atoms with van der Waals surface area (Å²) in [4.78, 5) is 33.8. The molecule has 2 N–H and O–H groups in total. The first-order chi connectivity index (χ1) is 19.2. The average Bonchev–Trinajstić information content (AvgIpc) is 2.94. The maximum atomic E-state index is 15.1. The van der Waals surface area contributed by atoms with Crippen molar-refractivity contribution in [2.45, 2.75) is 50.5 Å². The molecule has 1 fully saturated rings. The van der Waals surface area contributed by atoms with E-state index in [1.165, 1.54) is 36.7 Å². The van der Waals surface area contributed by atoms with Crippen LogP contribution in [-0.2, 0) is 16.0 Å². The maximum absolute atomic E-state index is 15.1. The molecule has 0 spiro atoms. The van der Waals surface area contributed by atoms with Crippen molar-refractivity contribution in [2.75, 3.05) is 32.1 Å². The Morgan fingerprint density at radius 1 is 1.20 bits per heavy atom. The molecular weight excluding hydrogens is 525 g/mol. The van der Waals surface area contributed by atoms with Gasteiger partial charge in [-0.3, -0.25) is 14.5 Å². The van der Waals surface area contributed by atoms with Crippen molar-refractivity contribution >= 4 is 11.7 Å². The van der Waals surface area contributed by atoms with Crippen molar-refractivity contribution in [3.8, 4) is 11.5 Å². The van der Waals surface area contributed by atoms with E-state index in [4.69, 9.17) is 9.47 Å². The van der Waals surface area contributed by atoms with Gasteiger partial charge in [0.1, 0.15) is 23.1 Å². The van der Waals surface area contributed by atoms with Crippen LogP contribution in [0.1, 0.15) is 43.2 Å². The third kappa shape index (κ3) is 7.48. The number of amides is 1. The Kier molecular flexibility index (Phi) is 9.59. The van der Waals surface area contributed by atoms with Gasteiger partial charge in [0.15, 0.2) is 0 Å². The topological polar surface area (TPSA) is 96.5 Å². The number of pyridine rings is 2. The lowest BCUT2D eigenvalue weighted by Crippen LogP contribution is -2.52. The van der Waals surface area contributed by atoms with E-state index < -0.39 is 24.3 Å². The first-order valence-corrected chi connectivity index (χ1v) is 13.2. The number of nitrogens with zero attached hydrogens (tertiary/aromatic N) is 2. The van der Waals surface area contributed by atoms with Crippen LogP contribution in [0.5, 0.6) is 11.5 Å². The summed E-state index contributed by atoms with van der Waals surface area (Å²) in [6, 6.07) is 9.56. The Bertz CT molecular complexity index is 1330. The molecule has 1 saturated heterocycles. The number of ether oxygens (including phenoxy) is 2. The first kappa shape index (κ1) is 29.3. The van der Waals surface area contributed by atoms with Gasteiger partial charge >= 0.3 is 0 Å². The van der Waals surface area contributed by atoms with Crippen LogP contribution < -0.4 is 15.6 Å². The molecular formula is C29H33F3N4O4. The highest BCUT2D eigenvalue weighted by molar-refractivity contribution is 5.93. The van der Waals surface area contributed by atoms with Crippen LogP contribution >= 0.6 is 0 Å². The molecule has 40 heavy (non-hydrogen) atoms. The van der Waals surface area contributed by atoms with Crippen LogP contribution in [0.2, 0.25) is 0 Å². The fourth-order valence-corrected chi connectivity index (χ4v) is 4.68. The molecule has 2 unspecified atom stereocenters. The fourth-order valence-electron chi connectivity index (χ4n) is 4.68. The number of piperidine rings is 1. The van der Waals surface area contributed by atoms with Crippen LogP contribution in [0.3, 0.4) is 0 Å². The van der Waals surface area contributed by atoms with Crippen molar-refractivity contribution in [3.63, 3.8) is 0 Å². The van der Waals surface area contributed by atoms with E-state index in [0.717, 1.165) is 6.42 Å². The van der Waals surface area contributed by atoms with Crippen LogP contribution in [0.4, 0.5) is 19.0 Å². The minimum absolute atomic E-state index is 0.0448. The number of aromatic amines is 1. The lowest BCUT2D eigenvalue weighted by Gasteiger charge is -2.40. The molecule has 0 saturated carbocycles. The van der Waals surface area contributed by atoms with Gasteiger partial charge < -0.3 is 19.8 Å². The zero-order chi connectivity index (χ0) is 28.7. The second-order valence-corrected chi connectivity index (χ2v) is 9.90. The van der Waals surface area contributed by atoms with Crippen LogP contribution in [0.25, 0.3) is 0 Å². The summed E-state index contributed by atoms with van der Waals surface area (Å²) in [6.45, 7) is 2.23.